The number of imide groups is 1. The Balaban J connectivity index is 1.70. The molecule has 1 saturated heterocycles. The molecule has 0 aliphatic carbocycles. The average molecular weight is 416 g/mol. The summed E-state index contributed by atoms with van der Waals surface area (Å²) in [6.07, 6.45) is -0.0198. The van der Waals surface area contributed by atoms with E-state index in [-0.39, 0.29) is 23.1 Å². The van der Waals surface area contributed by atoms with Crippen LogP contribution in [0, 0.1) is 0 Å². The number of thioether (sulfide) groups is 1. The molecule has 1 unspecified atom stereocenters. The van der Waals surface area contributed by atoms with Crippen molar-refractivity contribution in [2.75, 3.05) is 4.90 Å². The third-order valence-electron chi connectivity index (χ3n) is 3.92. The van der Waals surface area contributed by atoms with E-state index >= 15 is 0 Å². The van der Waals surface area contributed by atoms with Gasteiger partial charge in [-0.15, -0.1) is 16.4 Å². The summed E-state index contributed by atoms with van der Waals surface area (Å²) in [5.74, 6) is -1.88. The van der Waals surface area contributed by atoms with Gasteiger partial charge in [-0.3, -0.25) is 9.59 Å². The Hall–Kier alpha value is -2.98. The number of aromatic carboxylic acids is 1. The molecule has 28 heavy (non-hydrogen) atoms. The molecule has 10 heteroatoms. The van der Waals surface area contributed by atoms with Crippen molar-refractivity contribution in [1.82, 2.24) is 0 Å². The molecule has 1 aromatic heterocycles. The van der Waals surface area contributed by atoms with Gasteiger partial charge < -0.3 is 10.8 Å². The van der Waals surface area contributed by atoms with Crippen molar-refractivity contribution in [2.45, 2.75) is 18.6 Å². The maximum Gasteiger partial charge on any atom is 0.335 e. The van der Waals surface area contributed by atoms with Gasteiger partial charge in [-0.2, -0.15) is 5.10 Å². The monoisotopic (exact) mass is 416 g/mol. The van der Waals surface area contributed by atoms with Gasteiger partial charge in [-0.05, 0) is 42.6 Å². The number of hydrogen-bond donors (Lipinski definition) is 2. The van der Waals surface area contributed by atoms with E-state index in [1.807, 2.05) is 17.5 Å². The van der Waals surface area contributed by atoms with Crippen molar-refractivity contribution in [3.63, 3.8) is 0 Å². The van der Waals surface area contributed by atoms with E-state index in [1.54, 1.807) is 6.92 Å². The Kier molecular flexibility index (Phi) is 5.90. The molecule has 1 fully saturated rings. The largest absolute Gasteiger partial charge is 0.478 e. The summed E-state index contributed by atoms with van der Waals surface area (Å²) < 4.78 is 0. The van der Waals surface area contributed by atoms with Gasteiger partial charge in [0.1, 0.15) is 5.25 Å². The minimum atomic E-state index is -1.08. The first-order valence-corrected chi connectivity index (χ1v) is 9.91. The molecular weight excluding hydrogens is 400 g/mol. The van der Waals surface area contributed by atoms with E-state index < -0.39 is 17.1 Å². The lowest BCUT2D eigenvalue weighted by atomic mass is 10.2. The summed E-state index contributed by atoms with van der Waals surface area (Å²) in [7, 11) is 0. The zero-order valence-corrected chi connectivity index (χ0v) is 16.4. The molecule has 0 radical (unpaired) electrons. The number of thiophene rings is 1. The van der Waals surface area contributed by atoms with Crippen LogP contribution in [0.2, 0.25) is 0 Å². The first-order chi connectivity index (χ1) is 13.4. The van der Waals surface area contributed by atoms with Gasteiger partial charge in [-0.1, -0.05) is 17.8 Å². The third kappa shape index (κ3) is 4.29. The fraction of sp³-hybridized carbons (Fsp3) is 0.167. The SMILES string of the molecule is CC(=NN=C(N)SC1CC(=O)N(c2ccc(C(=O)O)cc2)C1=O)c1cccs1. The van der Waals surface area contributed by atoms with Crippen molar-refractivity contribution in [3.8, 4) is 0 Å². The lowest BCUT2D eigenvalue weighted by molar-refractivity contribution is -0.121. The molecule has 144 valence electrons. The van der Waals surface area contributed by atoms with Gasteiger partial charge in [0.25, 0.3) is 0 Å². The number of rotatable bonds is 5. The van der Waals surface area contributed by atoms with E-state index in [0.717, 1.165) is 21.5 Å². The molecular formula is C18H16N4O4S2. The summed E-state index contributed by atoms with van der Waals surface area (Å²) in [6.45, 7) is 1.81. The fourth-order valence-electron chi connectivity index (χ4n) is 2.55. The smallest absolute Gasteiger partial charge is 0.335 e. The highest BCUT2D eigenvalue weighted by atomic mass is 32.2. The van der Waals surface area contributed by atoms with E-state index in [9.17, 15) is 14.4 Å². The number of amides is 2. The summed E-state index contributed by atoms with van der Waals surface area (Å²) in [5, 5.41) is 18.3. The van der Waals surface area contributed by atoms with Gasteiger partial charge in [0.05, 0.1) is 21.8 Å². The van der Waals surface area contributed by atoms with Crippen LogP contribution in [0.1, 0.15) is 28.6 Å². The minimum absolute atomic E-state index is 0.0198. The average Bonchev–Trinajstić information content (AvgIpc) is 3.29. The van der Waals surface area contributed by atoms with Gasteiger partial charge in [0.2, 0.25) is 11.8 Å². The van der Waals surface area contributed by atoms with Crippen LogP contribution in [0.4, 0.5) is 5.69 Å². The molecule has 1 atom stereocenters. The van der Waals surface area contributed by atoms with Gasteiger partial charge in [0, 0.05) is 6.42 Å². The molecule has 1 aliphatic rings. The van der Waals surface area contributed by atoms with E-state index in [2.05, 4.69) is 10.2 Å². The predicted molar refractivity (Wildman–Crippen MR) is 110 cm³/mol. The number of carboxylic acids is 1. The lowest BCUT2D eigenvalue weighted by Gasteiger charge is -2.14. The van der Waals surface area contributed by atoms with Crippen LogP contribution in [0.5, 0.6) is 0 Å². The van der Waals surface area contributed by atoms with Crippen molar-refractivity contribution >= 4 is 57.4 Å². The van der Waals surface area contributed by atoms with Crippen molar-refractivity contribution < 1.29 is 19.5 Å². The highest BCUT2D eigenvalue weighted by Gasteiger charge is 2.40. The van der Waals surface area contributed by atoms with Gasteiger partial charge in [-0.25, -0.2) is 9.69 Å². The molecule has 1 aromatic carbocycles. The maximum atomic E-state index is 12.6. The lowest BCUT2D eigenvalue weighted by Crippen LogP contribution is -2.31. The van der Waals surface area contributed by atoms with Crippen LogP contribution in [-0.4, -0.2) is 39.0 Å². The Morgan fingerprint density at radius 2 is 1.96 bits per heavy atom. The number of carbonyl (C=O) groups is 3. The van der Waals surface area contributed by atoms with Crippen LogP contribution in [-0.2, 0) is 9.59 Å². The standard InChI is InChI=1S/C18H16N4O4S2/c1-10(13-3-2-8-27-13)20-21-18(19)28-14-9-15(23)22(16(14)24)12-6-4-11(5-7-12)17(25)26/h2-8,14H,9H2,1H3,(H2,19,21)(H,25,26). The number of nitrogens with zero attached hydrogens (tertiary/aromatic N) is 3. The van der Waals surface area contributed by atoms with Crippen LogP contribution >= 0.6 is 23.1 Å². The Morgan fingerprint density at radius 3 is 2.57 bits per heavy atom. The van der Waals surface area contributed by atoms with Crippen LogP contribution in [0.3, 0.4) is 0 Å². The molecule has 2 aromatic rings. The zero-order valence-electron chi connectivity index (χ0n) is 14.7. The summed E-state index contributed by atoms with van der Waals surface area (Å²) in [5.41, 5.74) is 6.96. The molecule has 2 amide bonds. The summed E-state index contributed by atoms with van der Waals surface area (Å²) in [6, 6.07) is 9.36. The number of anilines is 1. The van der Waals surface area contributed by atoms with E-state index in [0.29, 0.717) is 11.4 Å². The fourth-order valence-corrected chi connectivity index (χ4v) is 4.03. The number of benzene rings is 1. The highest BCUT2D eigenvalue weighted by molar-refractivity contribution is 8.14. The van der Waals surface area contributed by atoms with Crippen LogP contribution < -0.4 is 10.6 Å². The van der Waals surface area contributed by atoms with E-state index in [4.69, 9.17) is 10.8 Å². The second-order valence-electron chi connectivity index (χ2n) is 5.83. The van der Waals surface area contributed by atoms with Crippen molar-refractivity contribution in [3.05, 3.63) is 52.2 Å². The first-order valence-electron chi connectivity index (χ1n) is 8.15. The molecule has 8 nitrogen and oxygen atoms in total. The van der Waals surface area contributed by atoms with Crippen LogP contribution in [0.25, 0.3) is 0 Å². The van der Waals surface area contributed by atoms with Gasteiger partial charge >= 0.3 is 5.97 Å². The second kappa shape index (κ2) is 8.36. The Bertz CT molecular complexity index is 968. The number of carboxylic acid groups (broad SMARTS) is 1. The quantitative estimate of drug-likeness (QED) is 0.334. The summed E-state index contributed by atoms with van der Waals surface area (Å²) >= 11 is 2.51. The minimum Gasteiger partial charge on any atom is -0.478 e. The summed E-state index contributed by atoms with van der Waals surface area (Å²) in [4.78, 5) is 37.8. The molecule has 0 spiro atoms. The molecule has 1 aliphatic heterocycles. The number of carbonyl (C=O) groups excluding carboxylic acids is 2. The second-order valence-corrected chi connectivity index (χ2v) is 8.00. The predicted octanol–water partition coefficient (Wildman–Crippen LogP) is 2.55. The molecule has 3 rings (SSSR count). The molecule has 2 heterocycles. The Labute approximate surface area is 168 Å². The topological polar surface area (TPSA) is 125 Å². The van der Waals surface area contributed by atoms with E-state index in [1.165, 1.54) is 35.6 Å². The normalized spacial score (nSPS) is 18.0. The van der Waals surface area contributed by atoms with Crippen LogP contribution in [0.15, 0.2) is 52.0 Å². The zero-order chi connectivity index (χ0) is 20.3. The maximum absolute atomic E-state index is 12.6. The number of nitrogens with two attached hydrogens (primary N) is 1. The highest BCUT2D eigenvalue weighted by Crippen LogP contribution is 2.30. The number of amidine groups is 1. The van der Waals surface area contributed by atoms with Crippen molar-refractivity contribution in [1.29, 1.82) is 0 Å². The molecule has 0 bridgehead atoms. The molecule has 0 saturated carbocycles. The first kappa shape index (κ1) is 19.8. The number of hydrogen-bond acceptors (Lipinski definition) is 7. The Morgan fingerprint density at radius 1 is 1.25 bits per heavy atom. The third-order valence-corrected chi connectivity index (χ3v) is 5.87. The van der Waals surface area contributed by atoms with Gasteiger partial charge in [0.15, 0.2) is 5.17 Å². The van der Waals surface area contributed by atoms with Crippen molar-refractivity contribution in [2.24, 2.45) is 15.9 Å². The molecule has 3 N–H and O–H groups in total.